The number of nitrogens with one attached hydrogen (secondary N) is 1. The molecular formula is C13H21N3O3S. The van der Waals surface area contributed by atoms with Gasteiger partial charge in [0.05, 0.1) is 12.8 Å². The van der Waals surface area contributed by atoms with Crippen molar-refractivity contribution in [2.24, 2.45) is 0 Å². The Bertz CT molecular complexity index is 552. The third kappa shape index (κ3) is 3.55. The molecular weight excluding hydrogens is 278 g/mol. The van der Waals surface area contributed by atoms with Crippen LogP contribution in [0.4, 0.5) is 11.4 Å². The second kappa shape index (κ2) is 6.32. The molecule has 1 aromatic carbocycles. The molecule has 0 spiro atoms. The molecule has 1 aliphatic heterocycles. The van der Waals surface area contributed by atoms with E-state index in [9.17, 15) is 8.42 Å². The fourth-order valence-corrected chi connectivity index (χ4v) is 3.60. The van der Waals surface area contributed by atoms with E-state index in [1.54, 1.807) is 18.2 Å². The van der Waals surface area contributed by atoms with Gasteiger partial charge in [0.1, 0.15) is 5.75 Å². The number of nitrogens with zero attached hydrogens (tertiary/aromatic N) is 1. The number of nitrogens with two attached hydrogens (primary N) is 1. The van der Waals surface area contributed by atoms with Crippen molar-refractivity contribution in [2.75, 3.05) is 30.7 Å². The van der Waals surface area contributed by atoms with Crippen LogP contribution in [-0.4, -0.2) is 32.9 Å². The van der Waals surface area contributed by atoms with Crippen LogP contribution in [0.3, 0.4) is 0 Å². The highest BCUT2D eigenvalue weighted by atomic mass is 32.2. The van der Waals surface area contributed by atoms with E-state index in [0.29, 0.717) is 30.2 Å². The summed E-state index contributed by atoms with van der Waals surface area (Å²) in [6.07, 6.45) is 3.95. The summed E-state index contributed by atoms with van der Waals surface area (Å²) in [5.74, 6) is 0.456. The summed E-state index contributed by atoms with van der Waals surface area (Å²) in [5.41, 5.74) is 6.56. The summed E-state index contributed by atoms with van der Waals surface area (Å²) in [4.78, 5) is 0. The lowest BCUT2D eigenvalue weighted by atomic mass is 10.2. The number of methoxy groups -OCH3 is 1. The van der Waals surface area contributed by atoms with Crippen molar-refractivity contribution in [3.05, 3.63) is 18.2 Å². The minimum absolute atomic E-state index is 0.372. The average Bonchev–Trinajstić information content (AvgIpc) is 2.68. The Morgan fingerprint density at radius 1 is 1.20 bits per heavy atom. The highest BCUT2D eigenvalue weighted by Crippen LogP contribution is 2.28. The predicted molar refractivity (Wildman–Crippen MR) is 80.0 cm³/mol. The Kier molecular flexibility index (Phi) is 4.72. The van der Waals surface area contributed by atoms with Crippen LogP contribution < -0.4 is 15.2 Å². The Labute approximate surface area is 120 Å². The van der Waals surface area contributed by atoms with Crippen LogP contribution in [-0.2, 0) is 10.2 Å². The molecule has 1 saturated heterocycles. The molecule has 3 N–H and O–H groups in total. The molecule has 6 nitrogen and oxygen atoms in total. The zero-order valence-electron chi connectivity index (χ0n) is 11.6. The lowest BCUT2D eigenvalue weighted by Gasteiger charge is -2.21. The Morgan fingerprint density at radius 2 is 1.85 bits per heavy atom. The van der Waals surface area contributed by atoms with Gasteiger partial charge in [-0.2, -0.15) is 12.7 Å². The SMILES string of the molecule is COc1ccc(N)cc1NS(=O)(=O)N1CCCCCC1. The molecule has 7 heteroatoms. The Morgan fingerprint density at radius 3 is 2.45 bits per heavy atom. The summed E-state index contributed by atoms with van der Waals surface area (Å²) in [6, 6.07) is 4.88. The van der Waals surface area contributed by atoms with Crippen molar-refractivity contribution in [3.63, 3.8) is 0 Å². The summed E-state index contributed by atoms with van der Waals surface area (Å²) in [5, 5.41) is 0. The predicted octanol–water partition coefficient (Wildman–Crippen LogP) is 1.81. The number of rotatable bonds is 4. The molecule has 0 aromatic heterocycles. The zero-order valence-corrected chi connectivity index (χ0v) is 12.4. The topological polar surface area (TPSA) is 84.7 Å². The van der Waals surface area contributed by atoms with Gasteiger partial charge >= 0.3 is 10.2 Å². The number of ether oxygens (including phenoxy) is 1. The average molecular weight is 299 g/mol. The van der Waals surface area contributed by atoms with E-state index in [-0.39, 0.29) is 0 Å². The molecule has 20 heavy (non-hydrogen) atoms. The van der Waals surface area contributed by atoms with E-state index in [1.165, 1.54) is 11.4 Å². The van der Waals surface area contributed by atoms with Gasteiger partial charge in [-0.15, -0.1) is 0 Å². The lowest BCUT2D eigenvalue weighted by Crippen LogP contribution is -2.36. The first-order chi connectivity index (χ1) is 9.53. The molecule has 1 aliphatic rings. The molecule has 0 bridgehead atoms. The number of hydrogen-bond acceptors (Lipinski definition) is 4. The minimum atomic E-state index is -3.56. The highest BCUT2D eigenvalue weighted by molar-refractivity contribution is 7.90. The van der Waals surface area contributed by atoms with Crippen LogP contribution in [0.15, 0.2) is 18.2 Å². The standard InChI is InChI=1S/C13H21N3O3S/c1-19-13-7-6-11(14)10-12(13)15-20(17,18)16-8-4-2-3-5-9-16/h6-7,10,15H,2-5,8-9,14H2,1H3. The van der Waals surface area contributed by atoms with Crippen LogP contribution in [0.5, 0.6) is 5.75 Å². The largest absolute Gasteiger partial charge is 0.495 e. The maximum absolute atomic E-state index is 12.4. The second-order valence-electron chi connectivity index (χ2n) is 4.88. The van der Waals surface area contributed by atoms with Crippen molar-refractivity contribution in [1.82, 2.24) is 4.31 Å². The van der Waals surface area contributed by atoms with Crippen molar-refractivity contribution >= 4 is 21.6 Å². The summed E-state index contributed by atoms with van der Waals surface area (Å²) < 4.78 is 34.0. The minimum Gasteiger partial charge on any atom is -0.495 e. The van der Waals surface area contributed by atoms with Gasteiger partial charge in [0.2, 0.25) is 0 Å². The number of anilines is 2. The van der Waals surface area contributed by atoms with Crippen LogP contribution in [0.2, 0.25) is 0 Å². The van der Waals surface area contributed by atoms with Gasteiger partial charge in [-0.1, -0.05) is 12.8 Å². The third-order valence-electron chi connectivity index (χ3n) is 3.37. The second-order valence-corrected chi connectivity index (χ2v) is 6.55. The Hall–Kier alpha value is -1.47. The van der Waals surface area contributed by atoms with E-state index >= 15 is 0 Å². The van der Waals surface area contributed by atoms with E-state index in [0.717, 1.165) is 25.7 Å². The van der Waals surface area contributed by atoms with E-state index in [1.807, 2.05) is 0 Å². The number of hydrogen-bond donors (Lipinski definition) is 2. The maximum atomic E-state index is 12.4. The number of benzene rings is 1. The van der Waals surface area contributed by atoms with Crippen LogP contribution in [0.1, 0.15) is 25.7 Å². The summed E-state index contributed by atoms with van der Waals surface area (Å²) in [6.45, 7) is 1.11. The first kappa shape index (κ1) is 14.9. The molecule has 0 amide bonds. The fraction of sp³-hybridized carbons (Fsp3) is 0.538. The molecule has 0 aliphatic carbocycles. The molecule has 1 heterocycles. The van der Waals surface area contributed by atoms with Gasteiger partial charge in [-0.05, 0) is 31.0 Å². The van der Waals surface area contributed by atoms with Gasteiger partial charge in [0, 0.05) is 18.8 Å². The summed E-state index contributed by atoms with van der Waals surface area (Å²) >= 11 is 0. The molecule has 1 fully saturated rings. The first-order valence-corrected chi connectivity index (χ1v) is 8.18. The van der Waals surface area contributed by atoms with Crippen molar-refractivity contribution in [3.8, 4) is 5.75 Å². The van der Waals surface area contributed by atoms with Gasteiger partial charge in [0.25, 0.3) is 0 Å². The number of nitrogen functional groups attached to an aromatic ring is 1. The van der Waals surface area contributed by atoms with E-state index in [2.05, 4.69) is 4.72 Å². The van der Waals surface area contributed by atoms with Crippen molar-refractivity contribution in [1.29, 1.82) is 0 Å². The van der Waals surface area contributed by atoms with Gasteiger partial charge in [0.15, 0.2) is 0 Å². The van der Waals surface area contributed by atoms with Gasteiger partial charge < -0.3 is 10.5 Å². The third-order valence-corrected chi connectivity index (χ3v) is 4.89. The molecule has 112 valence electrons. The highest BCUT2D eigenvalue weighted by Gasteiger charge is 2.24. The molecule has 0 unspecified atom stereocenters. The molecule has 0 atom stereocenters. The normalized spacial score (nSPS) is 17.4. The van der Waals surface area contributed by atoms with Gasteiger partial charge in [-0.25, -0.2) is 0 Å². The Balaban J connectivity index is 2.20. The maximum Gasteiger partial charge on any atom is 0.301 e. The molecule has 2 rings (SSSR count). The molecule has 0 radical (unpaired) electrons. The lowest BCUT2D eigenvalue weighted by molar-refractivity contribution is 0.415. The molecule has 1 aromatic rings. The van der Waals surface area contributed by atoms with Crippen molar-refractivity contribution in [2.45, 2.75) is 25.7 Å². The summed E-state index contributed by atoms with van der Waals surface area (Å²) in [7, 11) is -2.07. The van der Waals surface area contributed by atoms with E-state index in [4.69, 9.17) is 10.5 Å². The van der Waals surface area contributed by atoms with Crippen LogP contribution >= 0.6 is 0 Å². The van der Waals surface area contributed by atoms with Crippen LogP contribution in [0.25, 0.3) is 0 Å². The zero-order chi connectivity index (χ0) is 14.6. The smallest absolute Gasteiger partial charge is 0.301 e. The quantitative estimate of drug-likeness (QED) is 0.830. The molecule has 0 saturated carbocycles. The van der Waals surface area contributed by atoms with Crippen molar-refractivity contribution < 1.29 is 13.2 Å². The first-order valence-electron chi connectivity index (χ1n) is 6.74. The fourth-order valence-electron chi connectivity index (χ4n) is 2.29. The van der Waals surface area contributed by atoms with Crippen LogP contribution in [0, 0.1) is 0 Å². The van der Waals surface area contributed by atoms with Gasteiger partial charge in [-0.3, -0.25) is 4.72 Å². The monoisotopic (exact) mass is 299 g/mol. The van der Waals surface area contributed by atoms with E-state index < -0.39 is 10.2 Å².